The molecule has 2 fully saturated rings. The third-order valence-electron chi connectivity index (χ3n) is 3.79. The first-order chi connectivity index (χ1) is 8.63. The Hall–Kier alpha value is -1.10. The maximum atomic E-state index is 12.2. The molecule has 0 aromatic heterocycles. The Morgan fingerprint density at radius 2 is 1.83 bits per heavy atom. The second kappa shape index (κ2) is 5.69. The van der Waals surface area contributed by atoms with Gasteiger partial charge in [0.25, 0.3) is 0 Å². The van der Waals surface area contributed by atoms with E-state index in [1.54, 1.807) is 0 Å². The minimum absolute atomic E-state index is 0.0504. The number of carboxylic acids is 1. The second-order valence-corrected chi connectivity index (χ2v) is 5.38. The molecule has 0 bridgehead atoms. The summed E-state index contributed by atoms with van der Waals surface area (Å²) >= 11 is 0. The zero-order valence-electron chi connectivity index (χ0n) is 10.7. The Morgan fingerprint density at radius 3 is 2.22 bits per heavy atom. The van der Waals surface area contributed by atoms with Crippen LogP contribution in [-0.4, -0.2) is 36.7 Å². The zero-order valence-corrected chi connectivity index (χ0v) is 10.7. The molecule has 1 amide bonds. The van der Waals surface area contributed by atoms with Gasteiger partial charge in [-0.25, -0.2) is 4.79 Å². The molecule has 2 saturated carbocycles. The van der Waals surface area contributed by atoms with Crippen molar-refractivity contribution in [2.24, 2.45) is 17.8 Å². The molecule has 5 heteroatoms. The van der Waals surface area contributed by atoms with E-state index in [1.807, 2.05) is 0 Å². The molecule has 0 aromatic carbocycles. The van der Waals surface area contributed by atoms with E-state index in [9.17, 15) is 9.59 Å². The highest BCUT2D eigenvalue weighted by molar-refractivity contribution is 5.85. The van der Waals surface area contributed by atoms with Crippen molar-refractivity contribution in [1.82, 2.24) is 5.32 Å². The van der Waals surface area contributed by atoms with Crippen LogP contribution in [0.5, 0.6) is 0 Å². The topological polar surface area (TPSA) is 75.6 Å². The summed E-state index contributed by atoms with van der Waals surface area (Å²) in [6.07, 6.45) is 4.78. The quantitative estimate of drug-likeness (QED) is 0.679. The van der Waals surface area contributed by atoms with Gasteiger partial charge in [0.1, 0.15) is 6.04 Å². The first kappa shape index (κ1) is 13.3. The number of nitrogens with one attached hydrogen (secondary N) is 1. The summed E-state index contributed by atoms with van der Waals surface area (Å²) in [5.41, 5.74) is 0. The molecule has 1 unspecified atom stereocenters. The van der Waals surface area contributed by atoms with Crippen LogP contribution in [0.25, 0.3) is 0 Å². The Morgan fingerprint density at radius 1 is 1.28 bits per heavy atom. The second-order valence-electron chi connectivity index (χ2n) is 5.38. The Balaban J connectivity index is 1.88. The van der Waals surface area contributed by atoms with Crippen LogP contribution in [0.2, 0.25) is 0 Å². The number of carbonyl (C=O) groups is 2. The third kappa shape index (κ3) is 3.45. The molecule has 5 nitrogen and oxygen atoms in total. The molecule has 0 heterocycles. The van der Waals surface area contributed by atoms with E-state index in [0.29, 0.717) is 24.9 Å². The van der Waals surface area contributed by atoms with Crippen molar-refractivity contribution in [3.05, 3.63) is 0 Å². The number of carbonyl (C=O) groups excluding carboxylic acids is 1. The number of rotatable bonds is 8. The lowest BCUT2D eigenvalue weighted by molar-refractivity contribution is -0.143. The number of amides is 1. The highest BCUT2D eigenvalue weighted by atomic mass is 16.5. The van der Waals surface area contributed by atoms with Crippen molar-refractivity contribution in [1.29, 1.82) is 0 Å². The number of methoxy groups -OCH3 is 1. The summed E-state index contributed by atoms with van der Waals surface area (Å²) in [5.74, 6) is -0.00705. The lowest BCUT2D eigenvalue weighted by Crippen LogP contribution is -2.45. The Kier molecular flexibility index (Phi) is 4.22. The summed E-state index contributed by atoms with van der Waals surface area (Å²) in [6.45, 7) is 0.342. The zero-order chi connectivity index (χ0) is 13.1. The summed E-state index contributed by atoms with van der Waals surface area (Å²) in [6, 6.07) is -0.822. The highest BCUT2D eigenvalue weighted by Gasteiger charge is 2.46. The van der Waals surface area contributed by atoms with Gasteiger partial charge < -0.3 is 15.2 Å². The molecule has 0 saturated heterocycles. The monoisotopic (exact) mass is 255 g/mol. The lowest BCUT2D eigenvalue weighted by Gasteiger charge is -2.19. The number of ether oxygens (including phenoxy) is 1. The first-order valence-corrected chi connectivity index (χ1v) is 6.65. The normalized spacial score (nSPS) is 20.8. The number of aliphatic carboxylic acids is 1. The molecule has 2 rings (SSSR count). The Bertz CT molecular complexity index is 311. The fourth-order valence-corrected chi connectivity index (χ4v) is 2.48. The molecule has 18 heavy (non-hydrogen) atoms. The van der Waals surface area contributed by atoms with Crippen LogP contribution < -0.4 is 5.32 Å². The van der Waals surface area contributed by atoms with Crippen molar-refractivity contribution < 1.29 is 19.4 Å². The third-order valence-corrected chi connectivity index (χ3v) is 3.79. The number of hydrogen-bond acceptors (Lipinski definition) is 3. The average Bonchev–Trinajstić information content (AvgIpc) is 3.17. The minimum Gasteiger partial charge on any atom is -0.480 e. The molecule has 2 aliphatic carbocycles. The summed E-state index contributed by atoms with van der Waals surface area (Å²) < 4.78 is 4.87. The van der Waals surface area contributed by atoms with Gasteiger partial charge in [-0.1, -0.05) is 0 Å². The molecule has 0 aliphatic heterocycles. The van der Waals surface area contributed by atoms with E-state index in [4.69, 9.17) is 9.84 Å². The van der Waals surface area contributed by atoms with Crippen molar-refractivity contribution in [2.75, 3.05) is 13.7 Å². The van der Waals surface area contributed by atoms with Crippen molar-refractivity contribution >= 4 is 11.9 Å². The van der Waals surface area contributed by atoms with Crippen LogP contribution in [0.1, 0.15) is 32.1 Å². The van der Waals surface area contributed by atoms with Gasteiger partial charge in [-0.3, -0.25) is 4.79 Å². The minimum atomic E-state index is -0.981. The van der Waals surface area contributed by atoms with Gasteiger partial charge in [0.2, 0.25) is 5.91 Å². The number of hydrogen-bond donors (Lipinski definition) is 2. The molecule has 102 valence electrons. The molecule has 0 spiro atoms. The first-order valence-electron chi connectivity index (χ1n) is 6.65. The predicted octanol–water partition coefficient (Wildman–Crippen LogP) is 1.03. The van der Waals surface area contributed by atoms with E-state index >= 15 is 0 Å². The molecular weight excluding hydrogens is 234 g/mol. The molecule has 1 atom stereocenters. The summed E-state index contributed by atoms with van der Waals surface area (Å²) in [5, 5.41) is 11.7. The summed E-state index contributed by atoms with van der Waals surface area (Å²) in [7, 11) is 1.53. The van der Waals surface area contributed by atoms with E-state index in [2.05, 4.69) is 5.32 Å². The predicted molar refractivity (Wildman–Crippen MR) is 65.0 cm³/mol. The van der Waals surface area contributed by atoms with Crippen molar-refractivity contribution in [2.45, 2.75) is 38.1 Å². The lowest BCUT2D eigenvalue weighted by atomic mass is 9.96. The van der Waals surface area contributed by atoms with Crippen LogP contribution in [0.15, 0.2) is 0 Å². The van der Waals surface area contributed by atoms with E-state index < -0.39 is 12.0 Å². The van der Waals surface area contributed by atoms with Crippen LogP contribution in [0.4, 0.5) is 0 Å². The van der Waals surface area contributed by atoms with Gasteiger partial charge in [-0.15, -0.1) is 0 Å². The maximum Gasteiger partial charge on any atom is 0.326 e. The fraction of sp³-hybridized carbons (Fsp3) is 0.846. The Labute approximate surface area is 107 Å². The maximum absolute atomic E-state index is 12.2. The smallest absolute Gasteiger partial charge is 0.326 e. The molecule has 2 aliphatic rings. The van der Waals surface area contributed by atoms with Gasteiger partial charge >= 0.3 is 5.97 Å². The standard InChI is InChI=1S/C13H21NO4/c1-18-7-6-10(13(16)17)14-12(15)11(8-2-3-8)9-4-5-9/h8-11H,2-7H2,1H3,(H,14,15)(H,16,17). The molecule has 0 aromatic rings. The van der Waals surface area contributed by atoms with Crippen molar-refractivity contribution in [3.63, 3.8) is 0 Å². The number of carboxylic acid groups (broad SMARTS) is 1. The molecule has 0 radical (unpaired) electrons. The molecule has 2 N–H and O–H groups in total. The van der Waals surface area contributed by atoms with Gasteiger partial charge in [-0.2, -0.15) is 0 Å². The van der Waals surface area contributed by atoms with Crippen LogP contribution in [-0.2, 0) is 14.3 Å². The highest BCUT2D eigenvalue weighted by Crippen LogP contribution is 2.49. The average molecular weight is 255 g/mol. The van der Waals surface area contributed by atoms with Crippen molar-refractivity contribution in [3.8, 4) is 0 Å². The molecular formula is C13H21NO4. The van der Waals surface area contributed by atoms with E-state index in [-0.39, 0.29) is 11.8 Å². The van der Waals surface area contributed by atoms with Crippen LogP contribution >= 0.6 is 0 Å². The van der Waals surface area contributed by atoms with Gasteiger partial charge in [0.05, 0.1) is 0 Å². The van der Waals surface area contributed by atoms with E-state index in [1.165, 1.54) is 7.11 Å². The van der Waals surface area contributed by atoms with Crippen LogP contribution in [0.3, 0.4) is 0 Å². The fourth-order valence-electron chi connectivity index (χ4n) is 2.48. The van der Waals surface area contributed by atoms with Gasteiger partial charge in [-0.05, 0) is 37.5 Å². The van der Waals surface area contributed by atoms with Gasteiger partial charge in [0, 0.05) is 26.1 Å². The van der Waals surface area contributed by atoms with Crippen LogP contribution in [0, 0.1) is 17.8 Å². The largest absolute Gasteiger partial charge is 0.480 e. The van der Waals surface area contributed by atoms with Gasteiger partial charge in [0.15, 0.2) is 0 Å². The van der Waals surface area contributed by atoms with E-state index in [0.717, 1.165) is 25.7 Å². The SMILES string of the molecule is COCCC(NC(=O)C(C1CC1)C1CC1)C(=O)O. The summed E-state index contributed by atoms with van der Waals surface area (Å²) in [4.78, 5) is 23.2.